The molecule has 0 fully saturated rings. The molecule has 1 heterocycles. The van der Waals surface area contributed by atoms with Gasteiger partial charge in [-0.25, -0.2) is 0 Å². The van der Waals surface area contributed by atoms with Gasteiger partial charge in [-0.1, -0.05) is 54.1 Å². The van der Waals surface area contributed by atoms with Crippen molar-refractivity contribution >= 4 is 0 Å². The summed E-state index contributed by atoms with van der Waals surface area (Å²) in [6.07, 6.45) is 4.30. The second kappa shape index (κ2) is 7.75. The fraction of sp³-hybridized carbons (Fsp3) is 0.190. The molecule has 3 heteroatoms. The number of ether oxygens (including phenoxy) is 1. The molecule has 1 aromatic heterocycles. The van der Waals surface area contributed by atoms with Crippen LogP contribution < -0.4 is 10.5 Å². The minimum atomic E-state index is -0.0946. The number of aryl methyl sites for hydroxylation is 1. The van der Waals surface area contributed by atoms with E-state index in [1.807, 2.05) is 36.5 Å². The van der Waals surface area contributed by atoms with Gasteiger partial charge in [0, 0.05) is 18.4 Å². The number of nitrogens with two attached hydrogens (primary N) is 1. The van der Waals surface area contributed by atoms with Crippen LogP contribution in [0, 0.1) is 6.92 Å². The fourth-order valence-electron chi connectivity index (χ4n) is 2.61. The molecular formula is C21H22N2O. The van der Waals surface area contributed by atoms with Crippen LogP contribution in [0.4, 0.5) is 0 Å². The first-order chi connectivity index (χ1) is 11.7. The molecular weight excluding hydrogens is 296 g/mol. The van der Waals surface area contributed by atoms with Crippen LogP contribution in [0.25, 0.3) is 0 Å². The van der Waals surface area contributed by atoms with Gasteiger partial charge < -0.3 is 10.5 Å². The normalized spacial score (nSPS) is 11.9. The molecule has 0 aliphatic carbocycles. The van der Waals surface area contributed by atoms with Gasteiger partial charge in [0.25, 0.3) is 0 Å². The molecule has 0 saturated heterocycles. The first-order valence-corrected chi connectivity index (χ1v) is 8.14. The van der Waals surface area contributed by atoms with Gasteiger partial charge in [0.2, 0.25) is 0 Å². The van der Waals surface area contributed by atoms with Crippen LogP contribution in [-0.4, -0.2) is 4.98 Å². The molecule has 24 heavy (non-hydrogen) atoms. The Balaban J connectivity index is 1.69. The minimum absolute atomic E-state index is 0.0946. The second-order valence-corrected chi connectivity index (χ2v) is 5.98. The number of aromatic nitrogens is 1. The first kappa shape index (κ1) is 16.2. The average molecular weight is 318 g/mol. The van der Waals surface area contributed by atoms with Crippen molar-refractivity contribution < 1.29 is 4.74 Å². The Morgan fingerprint density at radius 3 is 2.54 bits per heavy atom. The Labute approximate surface area is 143 Å². The number of nitrogens with zero attached hydrogens (tertiary/aromatic N) is 1. The van der Waals surface area contributed by atoms with E-state index in [4.69, 9.17) is 10.5 Å². The maximum atomic E-state index is 6.32. The smallest absolute Gasteiger partial charge is 0.123 e. The summed E-state index contributed by atoms with van der Waals surface area (Å²) in [5.74, 6) is 0.886. The topological polar surface area (TPSA) is 48.1 Å². The molecule has 2 N–H and O–H groups in total. The van der Waals surface area contributed by atoms with Gasteiger partial charge in [-0.3, -0.25) is 4.98 Å². The lowest BCUT2D eigenvalue weighted by atomic mass is 10.0. The van der Waals surface area contributed by atoms with Crippen molar-refractivity contribution in [3.63, 3.8) is 0 Å². The van der Waals surface area contributed by atoms with E-state index in [0.29, 0.717) is 6.61 Å². The predicted molar refractivity (Wildman–Crippen MR) is 96.8 cm³/mol. The van der Waals surface area contributed by atoms with Gasteiger partial charge >= 0.3 is 0 Å². The molecule has 3 nitrogen and oxygen atoms in total. The quantitative estimate of drug-likeness (QED) is 0.740. The molecule has 0 amide bonds. The third-order valence-corrected chi connectivity index (χ3v) is 4.04. The molecule has 0 aliphatic heterocycles. The minimum Gasteiger partial charge on any atom is -0.489 e. The number of para-hydroxylation sites is 1. The van der Waals surface area contributed by atoms with Crippen molar-refractivity contribution in [1.82, 2.24) is 4.98 Å². The Morgan fingerprint density at radius 2 is 1.79 bits per heavy atom. The Kier molecular flexibility index (Phi) is 5.24. The van der Waals surface area contributed by atoms with Crippen molar-refractivity contribution in [3.05, 3.63) is 95.3 Å². The van der Waals surface area contributed by atoms with E-state index in [2.05, 4.69) is 42.2 Å². The summed E-state index contributed by atoms with van der Waals surface area (Å²) in [6, 6.07) is 20.3. The standard InChI is InChI=1S/C21H22N2O/c1-16-8-10-17(11-9-16)15-24-21-7-3-2-5-18(21)13-20(22)19-6-4-12-23-14-19/h2-12,14,20H,13,15,22H2,1H3. The monoisotopic (exact) mass is 318 g/mol. The lowest BCUT2D eigenvalue weighted by Crippen LogP contribution is -2.14. The lowest BCUT2D eigenvalue weighted by Gasteiger charge is -2.15. The molecule has 0 radical (unpaired) electrons. The summed E-state index contributed by atoms with van der Waals surface area (Å²) >= 11 is 0. The van der Waals surface area contributed by atoms with Crippen LogP contribution >= 0.6 is 0 Å². The molecule has 0 saturated carbocycles. The third-order valence-electron chi connectivity index (χ3n) is 4.04. The number of pyridine rings is 1. The van der Waals surface area contributed by atoms with Gasteiger partial charge in [-0.15, -0.1) is 0 Å². The van der Waals surface area contributed by atoms with Crippen molar-refractivity contribution in [2.45, 2.75) is 26.0 Å². The third kappa shape index (κ3) is 4.21. The first-order valence-electron chi connectivity index (χ1n) is 8.14. The summed E-state index contributed by atoms with van der Waals surface area (Å²) < 4.78 is 6.03. The van der Waals surface area contributed by atoms with E-state index in [9.17, 15) is 0 Å². The SMILES string of the molecule is Cc1ccc(COc2ccccc2CC(N)c2cccnc2)cc1. The molecule has 3 rings (SSSR count). The van der Waals surface area contributed by atoms with Crippen molar-refractivity contribution in [2.24, 2.45) is 5.73 Å². The number of benzene rings is 2. The zero-order valence-corrected chi connectivity index (χ0v) is 13.9. The maximum Gasteiger partial charge on any atom is 0.123 e. The summed E-state index contributed by atoms with van der Waals surface area (Å²) in [7, 11) is 0. The Bertz CT molecular complexity index is 769. The number of hydrogen-bond acceptors (Lipinski definition) is 3. The number of rotatable bonds is 6. The molecule has 1 unspecified atom stereocenters. The van der Waals surface area contributed by atoms with Crippen molar-refractivity contribution in [2.75, 3.05) is 0 Å². The largest absolute Gasteiger partial charge is 0.489 e. The van der Waals surface area contributed by atoms with E-state index < -0.39 is 0 Å². The highest BCUT2D eigenvalue weighted by Crippen LogP contribution is 2.24. The van der Waals surface area contributed by atoms with Gasteiger partial charge in [-0.05, 0) is 42.2 Å². The molecule has 3 aromatic rings. The summed E-state index contributed by atoms with van der Waals surface area (Å²) in [5.41, 5.74) is 10.9. The van der Waals surface area contributed by atoms with E-state index >= 15 is 0 Å². The summed E-state index contributed by atoms with van der Waals surface area (Å²) in [4.78, 5) is 4.14. The molecule has 0 aliphatic rings. The molecule has 0 spiro atoms. The highest BCUT2D eigenvalue weighted by atomic mass is 16.5. The Morgan fingerprint density at radius 1 is 1.00 bits per heavy atom. The van der Waals surface area contributed by atoms with E-state index in [1.165, 1.54) is 5.56 Å². The zero-order valence-electron chi connectivity index (χ0n) is 13.9. The highest BCUT2D eigenvalue weighted by Gasteiger charge is 2.11. The predicted octanol–water partition coefficient (Wildman–Crippen LogP) is 4.21. The van der Waals surface area contributed by atoms with Crippen LogP contribution in [0.1, 0.15) is 28.3 Å². The van der Waals surface area contributed by atoms with Crippen LogP contribution in [0.15, 0.2) is 73.1 Å². The van der Waals surface area contributed by atoms with Gasteiger partial charge in [0.15, 0.2) is 0 Å². The average Bonchev–Trinajstić information content (AvgIpc) is 2.63. The second-order valence-electron chi connectivity index (χ2n) is 5.98. The van der Waals surface area contributed by atoms with Crippen LogP contribution in [0.3, 0.4) is 0 Å². The summed E-state index contributed by atoms with van der Waals surface area (Å²) in [6.45, 7) is 2.64. The zero-order chi connectivity index (χ0) is 16.8. The molecule has 0 bridgehead atoms. The van der Waals surface area contributed by atoms with Crippen molar-refractivity contribution in [1.29, 1.82) is 0 Å². The van der Waals surface area contributed by atoms with Crippen LogP contribution in [0.2, 0.25) is 0 Å². The summed E-state index contributed by atoms with van der Waals surface area (Å²) in [5, 5.41) is 0. The van der Waals surface area contributed by atoms with Gasteiger partial charge in [0.05, 0.1) is 0 Å². The van der Waals surface area contributed by atoms with Crippen molar-refractivity contribution in [3.8, 4) is 5.75 Å². The van der Waals surface area contributed by atoms with Crippen LogP contribution in [-0.2, 0) is 13.0 Å². The fourth-order valence-corrected chi connectivity index (χ4v) is 2.61. The highest BCUT2D eigenvalue weighted by molar-refractivity contribution is 5.35. The molecule has 2 aromatic carbocycles. The van der Waals surface area contributed by atoms with E-state index in [1.54, 1.807) is 6.20 Å². The van der Waals surface area contributed by atoms with Gasteiger partial charge in [0.1, 0.15) is 12.4 Å². The Hall–Kier alpha value is -2.65. The molecule has 1 atom stereocenters. The van der Waals surface area contributed by atoms with Gasteiger partial charge in [-0.2, -0.15) is 0 Å². The number of hydrogen-bond donors (Lipinski definition) is 1. The van der Waals surface area contributed by atoms with Crippen LogP contribution in [0.5, 0.6) is 5.75 Å². The van der Waals surface area contributed by atoms with E-state index in [-0.39, 0.29) is 6.04 Å². The lowest BCUT2D eigenvalue weighted by molar-refractivity contribution is 0.302. The van der Waals surface area contributed by atoms with E-state index in [0.717, 1.165) is 28.9 Å². The molecule has 122 valence electrons. The maximum absolute atomic E-state index is 6.32.